The predicted octanol–water partition coefficient (Wildman–Crippen LogP) is 3.11. The third kappa shape index (κ3) is 2.31. The summed E-state index contributed by atoms with van der Waals surface area (Å²) in [6.45, 7) is 7.92. The fourth-order valence-corrected chi connectivity index (χ4v) is 5.22. The number of aliphatic hydroxyl groups excluding tert-OH is 1. The smallest absolute Gasteiger partial charge is 0.110 e. The van der Waals surface area contributed by atoms with Crippen molar-refractivity contribution in [2.75, 3.05) is 27.3 Å². The van der Waals surface area contributed by atoms with Crippen LogP contribution in [0, 0.1) is 5.92 Å². The molecular weight excluding hydrogens is 312 g/mol. The van der Waals surface area contributed by atoms with Gasteiger partial charge in [-0.05, 0) is 63.8 Å². The van der Waals surface area contributed by atoms with Crippen LogP contribution in [0.1, 0.15) is 38.3 Å². The first-order valence-electron chi connectivity index (χ1n) is 9.32. The Morgan fingerprint density at radius 1 is 1.32 bits per heavy atom. The molecule has 0 radical (unpaired) electrons. The Hall–Kier alpha value is -1.36. The number of aromatic nitrogens is 1. The molecule has 1 saturated heterocycles. The fourth-order valence-electron chi connectivity index (χ4n) is 5.22. The van der Waals surface area contributed by atoms with Crippen molar-refractivity contribution < 1.29 is 9.84 Å². The maximum absolute atomic E-state index is 9.82. The van der Waals surface area contributed by atoms with Crippen molar-refractivity contribution >= 4 is 10.9 Å². The van der Waals surface area contributed by atoms with Gasteiger partial charge in [0.05, 0.1) is 0 Å². The number of aliphatic hydroxyl groups is 1. The summed E-state index contributed by atoms with van der Waals surface area (Å²) in [5.74, 6) is 0.253. The molecule has 25 heavy (non-hydrogen) atoms. The molecule has 4 heteroatoms. The average Bonchev–Trinajstić information content (AvgIpc) is 2.96. The molecule has 0 spiro atoms. The molecule has 4 rings (SSSR count). The van der Waals surface area contributed by atoms with Crippen LogP contribution in [0.4, 0.5) is 0 Å². The van der Waals surface area contributed by atoms with Crippen LogP contribution in [0.25, 0.3) is 10.9 Å². The molecule has 0 amide bonds. The standard InChI is InChI=1S/C21H30N2O2/c1-20(2,3)23-12-15-9-18-21(25-5,10-14(13-24)11-22(18)4)16-7-6-8-17(23)19(15)16/h6-8,12,14,18,24H,9-11,13H2,1-5H3/t14-,18-,21+/m1/s1. The van der Waals surface area contributed by atoms with Crippen molar-refractivity contribution in [2.24, 2.45) is 5.92 Å². The number of methoxy groups -OCH3 is 1. The number of rotatable bonds is 2. The molecule has 0 bridgehead atoms. The number of likely N-dealkylation sites (N-methyl/N-ethyl adjacent to an activating group) is 1. The average molecular weight is 342 g/mol. The van der Waals surface area contributed by atoms with Gasteiger partial charge in [-0.1, -0.05) is 12.1 Å². The Morgan fingerprint density at radius 3 is 2.72 bits per heavy atom. The number of likely N-dealkylation sites (tertiary alicyclic amines) is 1. The van der Waals surface area contributed by atoms with E-state index >= 15 is 0 Å². The van der Waals surface area contributed by atoms with Crippen LogP contribution in [0.3, 0.4) is 0 Å². The quantitative estimate of drug-likeness (QED) is 0.911. The fraction of sp³-hybridized carbons (Fsp3) is 0.619. The Morgan fingerprint density at radius 2 is 2.08 bits per heavy atom. The number of benzene rings is 1. The Labute approximate surface area is 150 Å². The van der Waals surface area contributed by atoms with Gasteiger partial charge in [0.2, 0.25) is 0 Å². The highest BCUT2D eigenvalue weighted by molar-refractivity contribution is 5.90. The second-order valence-electron chi connectivity index (χ2n) is 8.90. The summed E-state index contributed by atoms with van der Waals surface area (Å²) in [7, 11) is 4.01. The van der Waals surface area contributed by atoms with Gasteiger partial charge in [-0.25, -0.2) is 0 Å². The van der Waals surface area contributed by atoms with Crippen molar-refractivity contribution in [1.29, 1.82) is 0 Å². The van der Waals surface area contributed by atoms with Crippen LogP contribution in [0.2, 0.25) is 0 Å². The van der Waals surface area contributed by atoms with Gasteiger partial charge >= 0.3 is 0 Å². The minimum Gasteiger partial charge on any atom is -0.396 e. The van der Waals surface area contributed by atoms with E-state index in [0.29, 0.717) is 6.04 Å². The van der Waals surface area contributed by atoms with E-state index in [1.54, 1.807) is 0 Å². The first-order valence-corrected chi connectivity index (χ1v) is 9.32. The number of hydrogen-bond donors (Lipinski definition) is 1. The molecule has 0 unspecified atom stereocenters. The second-order valence-corrected chi connectivity index (χ2v) is 8.90. The molecule has 4 nitrogen and oxygen atoms in total. The zero-order chi connectivity index (χ0) is 18.0. The lowest BCUT2D eigenvalue weighted by Gasteiger charge is -2.52. The van der Waals surface area contributed by atoms with E-state index in [4.69, 9.17) is 4.74 Å². The van der Waals surface area contributed by atoms with Crippen LogP contribution in [0.15, 0.2) is 24.4 Å². The van der Waals surface area contributed by atoms with E-state index in [1.165, 1.54) is 22.0 Å². The second kappa shape index (κ2) is 5.57. The van der Waals surface area contributed by atoms with Gasteiger partial charge in [0.15, 0.2) is 0 Å². The van der Waals surface area contributed by atoms with E-state index < -0.39 is 0 Å². The third-order valence-corrected chi connectivity index (χ3v) is 6.33. The van der Waals surface area contributed by atoms with Gasteiger partial charge in [-0.2, -0.15) is 0 Å². The highest BCUT2D eigenvalue weighted by Gasteiger charge is 2.51. The van der Waals surface area contributed by atoms with Gasteiger partial charge in [-0.15, -0.1) is 0 Å². The van der Waals surface area contributed by atoms with Crippen LogP contribution >= 0.6 is 0 Å². The molecule has 2 heterocycles. The molecule has 1 aliphatic heterocycles. The van der Waals surface area contributed by atoms with Gasteiger partial charge in [0, 0.05) is 48.9 Å². The summed E-state index contributed by atoms with van der Waals surface area (Å²) in [5, 5.41) is 11.2. The van der Waals surface area contributed by atoms with E-state index in [0.717, 1.165) is 19.4 Å². The molecule has 3 atom stereocenters. The first-order chi connectivity index (χ1) is 11.8. The molecule has 2 aliphatic rings. The number of nitrogens with zero attached hydrogens (tertiary/aromatic N) is 2. The Balaban J connectivity index is 1.99. The molecule has 1 aliphatic carbocycles. The summed E-state index contributed by atoms with van der Waals surface area (Å²) in [5.41, 5.74) is 3.73. The van der Waals surface area contributed by atoms with Crippen molar-refractivity contribution in [3.8, 4) is 0 Å². The normalized spacial score (nSPS) is 29.8. The number of fused-ring (bicyclic) bond motifs is 2. The highest BCUT2D eigenvalue weighted by atomic mass is 16.5. The molecule has 2 aromatic rings. The molecule has 136 valence electrons. The molecule has 1 fully saturated rings. The Bertz CT molecular complexity index is 804. The summed E-state index contributed by atoms with van der Waals surface area (Å²) in [4.78, 5) is 2.39. The van der Waals surface area contributed by atoms with E-state index in [-0.39, 0.29) is 23.7 Å². The lowest BCUT2D eigenvalue weighted by molar-refractivity contribution is -0.130. The monoisotopic (exact) mass is 342 g/mol. The highest BCUT2D eigenvalue weighted by Crippen LogP contribution is 2.50. The van der Waals surface area contributed by atoms with Gasteiger partial charge in [0.1, 0.15) is 5.60 Å². The van der Waals surface area contributed by atoms with Gasteiger partial charge in [-0.3, -0.25) is 4.90 Å². The zero-order valence-electron chi connectivity index (χ0n) is 16.0. The number of hydrogen-bond acceptors (Lipinski definition) is 3. The first kappa shape index (κ1) is 17.1. The summed E-state index contributed by atoms with van der Waals surface area (Å²) >= 11 is 0. The Kier molecular flexibility index (Phi) is 3.80. The molecule has 1 N–H and O–H groups in total. The molecule has 1 aromatic carbocycles. The van der Waals surface area contributed by atoms with E-state index in [9.17, 15) is 5.11 Å². The largest absolute Gasteiger partial charge is 0.396 e. The topological polar surface area (TPSA) is 37.6 Å². The number of piperidine rings is 1. The zero-order valence-corrected chi connectivity index (χ0v) is 16.0. The SMILES string of the molecule is CO[C@]12C[C@@H](CO)CN(C)[C@@H]1Cc1cn(C(C)(C)C)c3cccc2c13. The van der Waals surface area contributed by atoms with E-state index in [1.807, 2.05) is 7.11 Å². The van der Waals surface area contributed by atoms with Gasteiger partial charge in [0.25, 0.3) is 0 Å². The molecular formula is C21H30N2O2. The maximum atomic E-state index is 9.82. The van der Waals surface area contributed by atoms with Crippen LogP contribution < -0.4 is 0 Å². The van der Waals surface area contributed by atoms with Crippen molar-refractivity contribution in [3.05, 3.63) is 35.5 Å². The lowest BCUT2D eigenvalue weighted by atomic mass is 9.69. The van der Waals surface area contributed by atoms with Crippen LogP contribution in [-0.2, 0) is 22.3 Å². The van der Waals surface area contributed by atoms with Crippen molar-refractivity contribution in [3.63, 3.8) is 0 Å². The summed E-state index contributed by atoms with van der Waals surface area (Å²) in [6, 6.07) is 6.94. The van der Waals surface area contributed by atoms with Crippen molar-refractivity contribution in [2.45, 2.75) is 50.8 Å². The number of ether oxygens (including phenoxy) is 1. The minimum absolute atomic E-state index is 0.0460. The summed E-state index contributed by atoms with van der Waals surface area (Å²) in [6.07, 6.45) is 4.23. The van der Waals surface area contributed by atoms with Crippen molar-refractivity contribution in [1.82, 2.24) is 9.47 Å². The predicted molar refractivity (Wildman–Crippen MR) is 101 cm³/mol. The minimum atomic E-state index is -0.336. The van der Waals surface area contributed by atoms with E-state index in [2.05, 4.69) is 61.7 Å². The molecule has 0 saturated carbocycles. The third-order valence-electron chi connectivity index (χ3n) is 6.33. The lowest BCUT2D eigenvalue weighted by Crippen LogP contribution is -2.59. The molecule has 1 aromatic heterocycles. The maximum Gasteiger partial charge on any atom is 0.110 e. The van der Waals surface area contributed by atoms with Gasteiger partial charge < -0.3 is 14.4 Å². The van der Waals surface area contributed by atoms with Crippen LogP contribution in [0.5, 0.6) is 0 Å². The van der Waals surface area contributed by atoms with Crippen LogP contribution in [-0.4, -0.2) is 47.9 Å². The summed E-state index contributed by atoms with van der Waals surface area (Å²) < 4.78 is 8.67.